The summed E-state index contributed by atoms with van der Waals surface area (Å²) in [4.78, 5) is 12.5. The van der Waals surface area contributed by atoms with Crippen molar-refractivity contribution >= 4 is 49.1 Å². The summed E-state index contributed by atoms with van der Waals surface area (Å²) in [6.07, 6.45) is 0. The molecule has 2 aromatic rings. The van der Waals surface area contributed by atoms with E-state index in [2.05, 4.69) is 37.2 Å². The molecule has 1 N–H and O–H groups in total. The van der Waals surface area contributed by atoms with Gasteiger partial charge in [-0.1, -0.05) is 0 Å². The van der Waals surface area contributed by atoms with E-state index in [9.17, 15) is 4.79 Å². The first-order valence-electron chi connectivity index (χ1n) is 4.84. The molecule has 3 nitrogen and oxygen atoms in total. The van der Waals surface area contributed by atoms with Crippen molar-refractivity contribution in [2.75, 3.05) is 0 Å². The molecule has 2 heterocycles. The standard InChI is InChI=1S/C11H9Br2NO2S/c1-6-2-3-7(16-6)5-14-11(15)9-4-8(12)10(13)17-9/h2-4H,5H2,1H3,(H,14,15). The van der Waals surface area contributed by atoms with E-state index < -0.39 is 0 Å². The summed E-state index contributed by atoms with van der Waals surface area (Å²) in [5.74, 6) is 1.50. The van der Waals surface area contributed by atoms with Gasteiger partial charge in [0.2, 0.25) is 0 Å². The van der Waals surface area contributed by atoms with Crippen LogP contribution in [0, 0.1) is 6.92 Å². The summed E-state index contributed by atoms with van der Waals surface area (Å²) in [5.41, 5.74) is 0. The van der Waals surface area contributed by atoms with Gasteiger partial charge in [0.25, 0.3) is 5.91 Å². The van der Waals surface area contributed by atoms with Crippen LogP contribution in [0.15, 0.2) is 30.9 Å². The number of rotatable bonds is 3. The van der Waals surface area contributed by atoms with Crippen molar-refractivity contribution in [2.45, 2.75) is 13.5 Å². The van der Waals surface area contributed by atoms with Crippen molar-refractivity contribution in [1.29, 1.82) is 0 Å². The molecule has 90 valence electrons. The van der Waals surface area contributed by atoms with Gasteiger partial charge in [-0.2, -0.15) is 0 Å². The predicted octanol–water partition coefficient (Wildman–Crippen LogP) is 4.10. The van der Waals surface area contributed by atoms with Crippen molar-refractivity contribution in [3.8, 4) is 0 Å². The number of thiophene rings is 1. The Morgan fingerprint density at radius 1 is 1.47 bits per heavy atom. The lowest BCUT2D eigenvalue weighted by Crippen LogP contribution is -2.21. The first-order valence-corrected chi connectivity index (χ1v) is 7.25. The number of carbonyl (C=O) groups is 1. The quantitative estimate of drug-likeness (QED) is 0.873. The number of aryl methyl sites for hydroxylation is 1. The third kappa shape index (κ3) is 3.20. The third-order valence-electron chi connectivity index (χ3n) is 2.09. The number of hydrogen-bond acceptors (Lipinski definition) is 3. The van der Waals surface area contributed by atoms with Crippen molar-refractivity contribution in [3.63, 3.8) is 0 Å². The molecule has 0 saturated heterocycles. The molecule has 0 aromatic carbocycles. The van der Waals surface area contributed by atoms with Crippen LogP contribution in [0.25, 0.3) is 0 Å². The Morgan fingerprint density at radius 3 is 2.76 bits per heavy atom. The van der Waals surface area contributed by atoms with Gasteiger partial charge in [-0.3, -0.25) is 4.79 Å². The largest absolute Gasteiger partial charge is 0.465 e. The normalized spacial score (nSPS) is 10.5. The fourth-order valence-electron chi connectivity index (χ4n) is 1.29. The Morgan fingerprint density at radius 2 is 2.24 bits per heavy atom. The average molecular weight is 379 g/mol. The van der Waals surface area contributed by atoms with Gasteiger partial charge < -0.3 is 9.73 Å². The van der Waals surface area contributed by atoms with Crippen LogP contribution in [0.1, 0.15) is 21.2 Å². The second-order valence-electron chi connectivity index (χ2n) is 3.43. The van der Waals surface area contributed by atoms with Gasteiger partial charge in [-0.15, -0.1) is 11.3 Å². The van der Waals surface area contributed by atoms with Gasteiger partial charge in [-0.25, -0.2) is 0 Å². The molecule has 0 aliphatic carbocycles. The topological polar surface area (TPSA) is 42.2 Å². The van der Waals surface area contributed by atoms with E-state index in [4.69, 9.17) is 4.42 Å². The highest BCUT2D eigenvalue weighted by Crippen LogP contribution is 2.32. The maximum absolute atomic E-state index is 11.8. The SMILES string of the molecule is Cc1ccc(CNC(=O)c2cc(Br)c(Br)s2)o1. The van der Waals surface area contributed by atoms with Gasteiger partial charge in [0.15, 0.2) is 0 Å². The van der Waals surface area contributed by atoms with Crippen LogP contribution in [0.4, 0.5) is 0 Å². The molecule has 0 bridgehead atoms. The summed E-state index contributed by atoms with van der Waals surface area (Å²) in [7, 11) is 0. The molecule has 1 amide bonds. The zero-order valence-electron chi connectivity index (χ0n) is 8.92. The lowest BCUT2D eigenvalue weighted by molar-refractivity contribution is 0.0952. The maximum Gasteiger partial charge on any atom is 0.261 e. The van der Waals surface area contributed by atoms with Crippen LogP contribution >= 0.6 is 43.2 Å². The van der Waals surface area contributed by atoms with E-state index in [0.717, 1.165) is 19.8 Å². The monoisotopic (exact) mass is 377 g/mol. The number of halogens is 2. The zero-order chi connectivity index (χ0) is 12.4. The first-order chi connectivity index (χ1) is 8.06. The first kappa shape index (κ1) is 12.9. The van der Waals surface area contributed by atoms with Crippen LogP contribution in [0.2, 0.25) is 0 Å². The fraction of sp³-hybridized carbons (Fsp3) is 0.182. The molecule has 2 rings (SSSR count). The van der Waals surface area contributed by atoms with E-state index in [1.165, 1.54) is 11.3 Å². The molecular weight excluding hydrogens is 370 g/mol. The molecular formula is C11H9Br2NO2S. The molecule has 0 spiro atoms. The van der Waals surface area contributed by atoms with Crippen LogP contribution in [0.3, 0.4) is 0 Å². The van der Waals surface area contributed by atoms with Crippen molar-refractivity contribution in [3.05, 3.63) is 42.9 Å². The van der Waals surface area contributed by atoms with E-state index in [1.807, 2.05) is 19.1 Å². The highest BCUT2D eigenvalue weighted by molar-refractivity contribution is 9.13. The molecule has 0 atom stereocenters. The van der Waals surface area contributed by atoms with Crippen molar-refractivity contribution < 1.29 is 9.21 Å². The summed E-state index contributed by atoms with van der Waals surface area (Å²) >= 11 is 8.10. The highest BCUT2D eigenvalue weighted by Gasteiger charge is 2.12. The number of carbonyl (C=O) groups excluding carboxylic acids is 1. The van der Waals surface area contributed by atoms with E-state index in [0.29, 0.717) is 11.4 Å². The Hall–Kier alpha value is -0.590. The Labute approximate surface area is 119 Å². The second-order valence-corrected chi connectivity index (χ2v) is 6.65. The minimum atomic E-state index is -0.101. The maximum atomic E-state index is 11.8. The lowest BCUT2D eigenvalue weighted by atomic mass is 10.4. The van der Waals surface area contributed by atoms with Gasteiger partial charge in [0.1, 0.15) is 11.5 Å². The molecule has 2 aromatic heterocycles. The Kier molecular flexibility index (Phi) is 4.06. The van der Waals surface area contributed by atoms with E-state index in [1.54, 1.807) is 6.07 Å². The average Bonchev–Trinajstić information content (AvgIpc) is 2.83. The molecule has 0 aliphatic heterocycles. The van der Waals surface area contributed by atoms with Crippen molar-refractivity contribution in [1.82, 2.24) is 5.32 Å². The van der Waals surface area contributed by atoms with Crippen LogP contribution < -0.4 is 5.32 Å². The molecule has 0 unspecified atom stereocenters. The minimum absolute atomic E-state index is 0.101. The summed E-state index contributed by atoms with van der Waals surface area (Å²) in [6.45, 7) is 2.28. The van der Waals surface area contributed by atoms with Gasteiger partial charge in [-0.05, 0) is 57.0 Å². The Balaban J connectivity index is 1.98. The molecule has 6 heteroatoms. The van der Waals surface area contributed by atoms with Crippen molar-refractivity contribution in [2.24, 2.45) is 0 Å². The van der Waals surface area contributed by atoms with Gasteiger partial charge in [0, 0.05) is 4.47 Å². The van der Waals surface area contributed by atoms with Crippen LogP contribution in [-0.4, -0.2) is 5.91 Å². The summed E-state index contributed by atoms with van der Waals surface area (Å²) in [5, 5.41) is 2.81. The smallest absolute Gasteiger partial charge is 0.261 e. The number of hydrogen-bond donors (Lipinski definition) is 1. The van der Waals surface area contributed by atoms with Crippen LogP contribution in [0.5, 0.6) is 0 Å². The predicted molar refractivity (Wildman–Crippen MR) is 74.3 cm³/mol. The summed E-state index contributed by atoms with van der Waals surface area (Å²) < 4.78 is 7.17. The molecule has 0 aliphatic rings. The third-order valence-corrected chi connectivity index (χ3v) is 5.34. The van der Waals surface area contributed by atoms with Gasteiger partial charge in [0.05, 0.1) is 15.2 Å². The summed E-state index contributed by atoms with van der Waals surface area (Å²) in [6, 6.07) is 5.52. The number of amides is 1. The zero-order valence-corrected chi connectivity index (χ0v) is 12.9. The molecule has 0 radical (unpaired) electrons. The molecule has 0 fully saturated rings. The molecule has 17 heavy (non-hydrogen) atoms. The second kappa shape index (κ2) is 5.37. The van der Waals surface area contributed by atoms with Gasteiger partial charge >= 0.3 is 0 Å². The highest BCUT2D eigenvalue weighted by atomic mass is 79.9. The Bertz CT molecular complexity index is 528. The lowest BCUT2D eigenvalue weighted by Gasteiger charge is -2.00. The van der Waals surface area contributed by atoms with Crippen LogP contribution in [-0.2, 0) is 6.54 Å². The fourth-order valence-corrected chi connectivity index (χ4v) is 3.25. The van der Waals surface area contributed by atoms with E-state index >= 15 is 0 Å². The molecule has 0 saturated carbocycles. The number of furan rings is 1. The number of nitrogens with one attached hydrogen (secondary N) is 1. The minimum Gasteiger partial charge on any atom is -0.465 e. The van der Waals surface area contributed by atoms with E-state index in [-0.39, 0.29) is 5.91 Å².